The van der Waals surface area contributed by atoms with E-state index in [1.807, 2.05) is 0 Å². The highest BCUT2D eigenvalue weighted by Crippen LogP contribution is 1.97. The van der Waals surface area contributed by atoms with Crippen LogP contribution < -0.4 is 0 Å². The number of carbonyl (C=O) groups excluding carboxylic acids is 1. The largest absolute Gasteiger partial charge is 0.374 e. The molecule has 0 amide bonds. The van der Waals surface area contributed by atoms with Gasteiger partial charge in [0.05, 0.1) is 0 Å². The van der Waals surface area contributed by atoms with Crippen molar-refractivity contribution in [1.29, 1.82) is 0 Å². The first-order chi connectivity index (χ1) is 3.18. The summed E-state index contributed by atoms with van der Waals surface area (Å²) in [7, 11) is 0. The van der Waals surface area contributed by atoms with Gasteiger partial charge in [-0.25, -0.2) is 9.90 Å². The fourth-order valence-corrected chi connectivity index (χ4v) is 0.189. The van der Waals surface area contributed by atoms with Crippen LogP contribution in [0, 0.1) is 0 Å². The first-order valence-corrected chi connectivity index (χ1v) is 2.56. The molecule has 0 heterocycles. The number of hydrogen-bond acceptors (Lipinski definition) is 1. The molecule has 0 N–H and O–H groups in total. The summed E-state index contributed by atoms with van der Waals surface area (Å²) < 4.78 is 0. The van der Waals surface area contributed by atoms with E-state index in [4.69, 9.17) is 23.2 Å². The molecule has 0 rings (SSSR count). The minimum atomic E-state index is -1.32. The molecule has 0 spiro atoms. The van der Waals surface area contributed by atoms with E-state index in [1.54, 1.807) is 0 Å². The maximum absolute atomic E-state index is 9.60. The zero-order valence-corrected chi connectivity index (χ0v) is 4.87. The summed E-state index contributed by atoms with van der Waals surface area (Å²) in [5.41, 5.74) is 0. The van der Waals surface area contributed by atoms with E-state index in [0.29, 0.717) is 0 Å². The van der Waals surface area contributed by atoms with Crippen LogP contribution in [0.4, 0.5) is 0 Å². The second-order valence-corrected chi connectivity index (χ2v) is 1.78. The molecule has 0 aliphatic carbocycles. The van der Waals surface area contributed by atoms with Gasteiger partial charge < -0.3 is 0 Å². The molecule has 41 valence electrons. The summed E-state index contributed by atoms with van der Waals surface area (Å²) in [5.74, 6) is -1.43. The molecular formula is C3H3Cl2O2. The minimum Gasteiger partial charge on any atom is -0.246 e. The molecule has 0 aromatic carbocycles. The highest BCUT2D eigenvalue weighted by molar-refractivity contribution is 6.35. The number of carbonyl (C=O) groups is 1. The van der Waals surface area contributed by atoms with Gasteiger partial charge in [-0.2, -0.15) is 0 Å². The summed E-state index contributed by atoms with van der Waals surface area (Å²) in [4.78, 5) is 9.60. The van der Waals surface area contributed by atoms with Crippen LogP contribution in [0.15, 0.2) is 0 Å². The summed E-state index contributed by atoms with van der Waals surface area (Å²) >= 11 is 10.0. The van der Waals surface area contributed by atoms with Gasteiger partial charge in [0.25, 0.3) is 0 Å². The molecule has 0 aromatic rings. The van der Waals surface area contributed by atoms with Gasteiger partial charge in [0.2, 0.25) is 0 Å². The average Bonchev–Trinajstić information content (AvgIpc) is 1.65. The predicted octanol–water partition coefficient (Wildman–Crippen LogP) is 0.790. The smallest absolute Gasteiger partial charge is 0.246 e. The Bertz CT molecular complexity index is 73.3. The van der Waals surface area contributed by atoms with Gasteiger partial charge in [0.15, 0.2) is 0 Å². The van der Waals surface area contributed by atoms with Gasteiger partial charge in [0.1, 0.15) is 5.38 Å². The molecule has 1 radical (unpaired) electrons. The van der Waals surface area contributed by atoms with Crippen LogP contribution in [0.5, 0.6) is 0 Å². The van der Waals surface area contributed by atoms with E-state index >= 15 is 0 Å². The molecule has 1 atom stereocenters. The van der Waals surface area contributed by atoms with Crippen molar-refractivity contribution in [1.82, 2.24) is 0 Å². The first kappa shape index (κ1) is 7.05. The quantitative estimate of drug-likeness (QED) is 0.525. The van der Waals surface area contributed by atoms with E-state index in [0.717, 1.165) is 0 Å². The maximum atomic E-state index is 9.60. The lowest BCUT2D eigenvalue weighted by molar-refractivity contribution is -0.142. The second-order valence-electron chi connectivity index (χ2n) is 0.941. The topological polar surface area (TPSA) is 37.0 Å². The average molecular weight is 142 g/mol. The van der Waals surface area contributed by atoms with Gasteiger partial charge in [-0.05, 0) is 0 Å². The molecule has 0 saturated heterocycles. The Morgan fingerprint density at radius 1 is 1.71 bits per heavy atom. The van der Waals surface area contributed by atoms with E-state index < -0.39 is 11.3 Å². The number of hydrogen-bond donors (Lipinski definition) is 0. The van der Waals surface area contributed by atoms with Crippen molar-refractivity contribution in [2.75, 3.05) is 5.88 Å². The minimum absolute atomic E-state index is 0.107. The van der Waals surface area contributed by atoms with Crippen LogP contribution in [0.2, 0.25) is 0 Å². The molecule has 4 heteroatoms. The van der Waals surface area contributed by atoms with Crippen LogP contribution in [0.25, 0.3) is 0 Å². The van der Waals surface area contributed by atoms with Crippen LogP contribution >= 0.6 is 23.2 Å². The fraction of sp³-hybridized carbons (Fsp3) is 0.667. The number of halogens is 2. The van der Waals surface area contributed by atoms with Crippen molar-refractivity contribution in [3.8, 4) is 0 Å². The highest BCUT2D eigenvalue weighted by atomic mass is 35.5. The standard InChI is InChI=1S/C3H3Cl2O2/c4-1-2(5)3(6)7/h2H,1H2. The molecule has 0 saturated carbocycles. The Morgan fingerprint density at radius 3 is 2.14 bits per heavy atom. The van der Waals surface area contributed by atoms with Crippen LogP contribution in [0.3, 0.4) is 0 Å². The number of alkyl halides is 2. The SMILES string of the molecule is [O]C(=O)C(Cl)CCl. The molecule has 7 heavy (non-hydrogen) atoms. The van der Waals surface area contributed by atoms with E-state index in [2.05, 4.69) is 0 Å². The van der Waals surface area contributed by atoms with Crippen molar-refractivity contribution in [2.45, 2.75) is 5.38 Å². The molecule has 0 fully saturated rings. The lowest BCUT2D eigenvalue weighted by atomic mass is 10.5. The molecular weight excluding hydrogens is 139 g/mol. The summed E-state index contributed by atoms with van der Waals surface area (Å²) in [6.07, 6.45) is 0. The van der Waals surface area contributed by atoms with E-state index in [9.17, 15) is 9.90 Å². The highest BCUT2D eigenvalue weighted by Gasteiger charge is 2.12. The van der Waals surface area contributed by atoms with Crippen molar-refractivity contribution in [3.63, 3.8) is 0 Å². The van der Waals surface area contributed by atoms with Crippen molar-refractivity contribution >= 4 is 29.2 Å². The Kier molecular flexibility index (Phi) is 3.13. The third-order valence-corrected chi connectivity index (χ3v) is 1.19. The third kappa shape index (κ3) is 2.71. The lowest BCUT2D eigenvalue weighted by Crippen LogP contribution is -2.12. The monoisotopic (exact) mass is 141 g/mol. The van der Waals surface area contributed by atoms with Gasteiger partial charge in [-0.15, -0.1) is 23.2 Å². The van der Waals surface area contributed by atoms with Crippen LogP contribution in [0.1, 0.15) is 0 Å². The summed E-state index contributed by atoms with van der Waals surface area (Å²) in [6.45, 7) is 0. The van der Waals surface area contributed by atoms with Crippen LogP contribution in [-0.2, 0) is 9.90 Å². The van der Waals surface area contributed by atoms with Crippen molar-refractivity contribution in [3.05, 3.63) is 0 Å². The third-order valence-electron chi connectivity index (χ3n) is 0.391. The number of rotatable bonds is 2. The normalized spacial score (nSPS) is 13.4. The zero-order valence-electron chi connectivity index (χ0n) is 3.36. The van der Waals surface area contributed by atoms with Crippen molar-refractivity contribution < 1.29 is 9.90 Å². The van der Waals surface area contributed by atoms with Gasteiger partial charge >= 0.3 is 5.97 Å². The Labute approximate surface area is 51.0 Å². The Balaban J connectivity index is 3.34. The predicted molar refractivity (Wildman–Crippen MR) is 26.1 cm³/mol. The molecule has 1 unspecified atom stereocenters. The molecule has 0 aliphatic heterocycles. The molecule has 0 aromatic heterocycles. The summed E-state index contributed by atoms with van der Waals surface area (Å²) in [5, 5.41) is 8.55. The van der Waals surface area contributed by atoms with Gasteiger partial charge in [0, 0.05) is 5.88 Å². The Hall–Kier alpha value is 0.0500. The lowest BCUT2D eigenvalue weighted by Gasteiger charge is -1.89. The maximum Gasteiger partial charge on any atom is 0.374 e. The van der Waals surface area contributed by atoms with Crippen LogP contribution in [-0.4, -0.2) is 17.2 Å². The summed E-state index contributed by atoms with van der Waals surface area (Å²) in [6, 6.07) is 0. The van der Waals surface area contributed by atoms with E-state index in [-0.39, 0.29) is 5.88 Å². The molecule has 0 aliphatic rings. The van der Waals surface area contributed by atoms with Gasteiger partial charge in [-0.1, -0.05) is 0 Å². The van der Waals surface area contributed by atoms with E-state index in [1.165, 1.54) is 0 Å². The second kappa shape index (κ2) is 3.10. The Morgan fingerprint density at radius 2 is 2.14 bits per heavy atom. The fourth-order valence-electron chi connectivity index (χ4n) is 0.0630. The first-order valence-electron chi connectivity index (χ1n) is 1.59. The zero-order chi connectivity index (χ0) is 5.86. The molecule has 0 bridgehead atoms. The van der Waals surface area contributed by atoms with Gasteiger partial charge in [-0.3, -0.25) is 0 Å². The van der Waals surface area contributed by atoms with Crippen molar-refractivity contribution in [2.24, 2.45) is 0 Å². The molecule has 2 nitrogen and oxygen atoms in total.